The third-order valence-corrected chi connectivity index (χ3v) is 2.54. The molecule has 90 valence electrons. The van der Waals surface area contributed by atoms with Crippen LogP contribution >= 0.6 is 0 Å². The number of rotatable bonds is 6. The third-order valence-electron chi connectivity index (χ3n) is 2.54. The molecule has 0 fully saturated rings. The molecule has 2 N–H and O–H groups in total. The van der Waals surface area contributed by atoms with E-state index in [9.17, 15) is 4.79 Å². The lowest BCUT2D eigenvalue weighted by atomic mass is 10.2. The van der Waals surface area contributed by atoms with Gasteiger partial charge in [-0.1, -0.05) is 20.8 Å². The van der Waals surface area contributed by atoms with E-state index in [1.165, 1.54) is 0 Å². The molecule has 0 aliphatic heterocycles. The minimum atomic E-state index is -0.188. The average molecular weight is 224 g/mol. The quantitative estimate of drug-likeness (QED) is 0.772. The summed E-state index contributed by atoms with van der Waals surface area (Å²) in [5.74, 6) is 0.833. The van der Waals surface area contributed by atoms with Crippen molar-refractivity contribution in [2.75, 3.05) is 0 Å². The Morgan fingerprint density at radius 3 is 2.62 bits per heavy atom. The van der Waals surface area contributed by atoms with Crippen molar-refractivity contribution in [2.24, 2.45) is 0 Å². The van der Waals surface area contributed by atoms with E-state index in [1.807, 2.05) is 0 Å². The number of aromatic amines is 1. The van der Waals surface area contributed by atoms with Crippen LogP contribution in [0, 0.1) is 0 Å². The van der Waals surface area contributed by atoms with Crippen LogP contribution in [-0.4, -0.2) is 27.1 Å². The first kappa shape index (κ1) is 12.7. The SMILES string of the molecule is CCCc1nc(C(=O)NC(CC)CC)n[nH]1. The number of nitrogens with one attached hydrogen (secondary N) is 2. The third kappa shape index (κ3) is 3.32. The molecule has 5 heteroatoms. The first-order valence-electron chi connectivity index (χ1n) is 5.93. The standard InChI is InChI=1S/C11H20N4O/c1-4-7-9-13-10(15-14-9)11(16)12-8(5-2)6-3/h8H,4-7H2,1-3H3,(H,12,16)(H,13,14,15). The number of hydrogen-bond acceptors (Lipinski definition) is 3. The molecule has 0 unspecified atom stereocenters. The van der Waals surface area contributed by atoms with Gasteiger partial charge in [0, 0.05) is 12.5 Å². The predicted molar refractivity (Wildman–Crippen MR) is 62.2 cm³/mol. The summed E-state index contributed by atoms with van der Waals surface area (Å²) in [6.07, 6.45) is 3.66. The van der Waals surface area contributed by atoms with Crippen molar-refractivity contribution >= 4 is 5.91 Å². The van der Waals surface area contributed by atoms with E-state index in [4.69, 9.17) is 0 Å². The number of nitrogens with zero attached hydrogens (tertiary/aromatic N) is 2. The topological polar surface area (TPSA) is 70.7 Å². The number of carbonyl (C=O) groups excluding carboxylic acids is 1. The van der Waals surface area contributed by atoms with Gasteiger partial charge in [-0.25, -0.2) is 4.98 Å². The van der Waals surface area contributed by atoms with E-state index in [0.29, 0.717) is 0 Å². The van der Waals surface area contributed by atoms with Gasteiger partial charge in [-0.05, 0) is 19.3 Å². The predicted octanol–water partition coefficient (Wildman–Crippen LogP) is 1.68. The number of aryl methyl sites for hydroxylation is 1. The van der Waals surface area contributed by atoms with Crippen molar-refractivity contribution in [1.29, 1.82) is 0 Å². The largest absolute Gasteiger partial charge is 0.347 e. The van der Waals surface area contributed by atoms with Crippen LogP contribution in [0.3, 0.4) is 0 Å². The maximum Gasteiger partial charge on any atom is 0.291 e. The number of carbonyl (C=O) groups is 1. The van der Waals surface area contributed by atoms with Crippen molar-refractivity contribution in [2.45, 2.75) is 52.5 Å². The molecule has 0 radical (unpaired) electrons. The van der Waals surface area contributed by atoms with Gasteiger partial charge >= 0.3 is 0 Å². The molecule has 1 amide bonds. The van der Waals surface area contributed by atoms with Crippen molar-refractivity contribution in [3.8, 4) is 0 Å². The summed E-state index contributed by atoms with van der Waals surface area (Å²) < 4.78 is 0. The van der Waals surface area contributed by atoms with Crippen LogP contribution < -0.4 is 5.32 Å². The summed E-state index contributed by atoms with van der Waals surface area (Å²) in [5, 5.41) is 9.59. The van der Waals surface area contributed by atoms with Crippen molar-refractivity contribution < 1.29 is 4.79 Å². The van der Waals surface area contributed by atoms with Gasteiger partial charge in [0.15, 0.2) is 0 Å². The van der Waals surface area contributed by atoms with E-state index in [2.05, 4.69) is 41.3 Å². The molecule has 0 aliphatic rings. The molecule has 1 heterocycles. The van der Waals surface area contributed by atoms with Gasteiger partial charge in [0.1, 0.15) is 5.82 Å². The lowest BCUT2D eigenvalue weighted by molar-refractivity contribution is 0.0924. The molecule has 0 saturated carbocycles. The zero-order valence-corrected chi connectivity index (χ0v) is 10.2. The smallest absolute Gasteiger partial charge is 0.291 e. The van der Waals surface area contributed by atoms with E-state index in [0.717, 1.165) is 31.5 Å². The summed E-state index contributed by atoms with van der Waals surface area (Å²) in [4.78, 5) is 15.9. The minimum Gasteiger partial charge on any atom is -0.347 e. The highest BCUT2D eigenvalue weighted by Gasteiger charge is 2.14. The minimum absolute atomic E-state index is 0.188. The average Bonchev–Trinajstić information content (AvgIpc) is 2.74. The highest BCUT2D eigenvalue weighted by atomic mass is 16.2. The molecule has 0 spiro atoms. The van der Waals surface area contributed by atoms with Crippen LogP contribution in [0.15, 0.2) is 0 Å². The lowest BCUT2D eigenvalue weighted by Crippen LogP contribution is -2.34. The van der Waals surface area contributed by atoms with Gasteiger partial charge in [0.2, 0.25) is 5.82 Å². The maximum absolute atomic E-state index is 11.7. The van der Waals surface area contributed by atoms with Gasteiger partial charge in [0.05, 0.1) is 0 Å². The van der Waals surface area contributed by atoms with Gasteiger partial charge in [-0.3, -0.25) is 9.89 Å². The Kier molecular flexibility index (Phi) is 4.95. The van der Waals surface area contributed by atoms with E-state index in [-0.39, 0.29) is 17.8 Å². The molecule has 0 aliphatic carbocycles. The van der Waals surface area contributed by atoms with Crippen LogP contribution in [0.4, 0.5) is 0 Å². The summed E-state index contributed by atoms with van der Waals surface area (Å²) >= 11 is 0. The van der Waals surface area contributed by atoms with Gasteiger partial charge in [0.25, 0.3) is 5.91 Å². The highest BCUT2D eigenvalue weighted by Crippen LogP contribution is 2.00. The van der Waals surface area contributed by atoms with Crippen molar-refractivity contribution in [3.63, 3.8) is 0 Å². The molecule has 0 bridgehead atoms. The molecule has 0 saturated heterocycles. The maximum atomic E-state index is 11.7. The molecular weight excluding hydrogens is 204 g/mol. The molecular formula is C11H20N4O. The van der Waals surface area contributed by atoms with E-state index < -0.39 is 0 Å². The highest BCUT2D eigenvalue weighted by molar-refractivity contribution is 5.90. The van der Waals surface area contributed by atoms with Crippen molar-refractivity contribution in [3.05, 3.63) is 11.6 Å². The fourth-order valence-electron chi connectivity index (χ4n) is 1.49. The summed E-state index contributed by atoms with van der Waals surface area (Å²) in [7, 11) is 0. The molecule has 0 atom stereocenters. The van der Waals surface area contributed by atoms with Crippen LogP contribution in [0.1, 0.15) is 56.5 Å². The molecule has 16 heavy (non-hydrogen) atoms. The second-order valence-electron chi connectivity index (χ2n) is 3.84. The van der Waals surface area contributed by atoms with E-state index in [1.54, 1.807) is 0 Å². The van der Waals surface area contributed by atoms with Gasteiger partial charge in [-0.15, -0.1) is 5.10 Å². The molecule has 5 nitrogen and oxygen atoms in total. The lowest BCUT2D eigenvalue weighted by Gasteiger charge is -2.12. The fraction of sp³-hybridized carbons (Fsp3) is 0.727. The van der Waals surface area contributed by atoms with Crippen LogP contribution in [0.2, 0.25) is 0 Å². The van der Waals surface area contributed by atoms with Gasteiger partial charge < -0.3 is 5.32 Å². The Labute approximate surface area is 96.0 Å². The zero-order chi connectivity index (χ0) is 12.0. The molecule has 1 aromatic heterocycles. The number of amides is 1. The number of H-pyrrole nitrogens is 1. The Hall–Kier alpha value is -1.39. The van der Waals surface area contributed by atoms with Gasteiger partial charge in [-0.2, -0.15) is 0 Å². The molecule has 0 aromatic carbocycles. The zero-order valence-electron chi connectivity index (χ0n) is 10.2. The summed E-state index contributed by atoms with van der Waals surface area (Å²) in [6, 6.07) is 0.209. The first-order chi connectivity index (χ1) is 7.71. The normalized spacial score (nSPS) is 10.8. The van der Waals surface area contributed by atoms with Crippen LogP contribution in [-0.2, 0) is 6.42 Å². The summed E-state index contributed by atoms with van der Waals surface area (Å²) in [6.45, 7) is 6.16. The monoisotopic (exact) mass is 224 g/mol. The Morgan fingerprint density at radius 2 is 2.06 bits per heavy atom. The Balaban J connectivity index is 2.58. The number of aromatic nitrogens is 3. The first-order valence-corrected chi connectivity index (χ1v) is 5.93. The van der Waals surface area contributed by atoms with Crippen LogP contribution in [0.5, 0.6) is 0 Å². The second-order valence-corrected chi connectivity index (χ2v) is 3.84. The van der Waals surface area contributed by atoms with E-state index >= 15 is 0 Å². The Morgan fingerprint density at radius 1 is 1.38 bits per heavy atom. The van der Waals surface area contributed by atoms with Crippen LogP contribution in [0.25, 0.3) is 0 Å². The molecule has 1 rings (SSSR count). The second kappa shape index (κ2) is 6.25. The van der Waals surface area contributed by atoms with Crippen molar-refractivity contribution in [1.82, 2.24) is 20.5 Å². The Bertz CT molecular complexity index is 330. The number of hydrogen-bond donors (Lipinski definition) is 2. The molecule has 1 aromatic rings. The fourth-order valence-corrected chi connectivity index (χ4v) is 1.49. The summed E-state index contributed by atoms with van der Waals surface area (Å²) in [5.41, 5.74) is 0.